The zero-order valence-corrected chi connectivity index (χ0v) is 11.0. The summed E-state index contributed by atoms with van der Waals surface area (Å²) in [5, 5.41) is 0. The number of nitrogens with zero attached hydrogens (tertiary/aromatic N) is 2. The highest BCUT2D eigenvalue weighted by Crippen LogP contribution is 2.23. The van der Waals surface area contributed by atoms with Crippen LogP contribution in [0.4, 0.5) is 4.39 Å². The van der Waals surface area contributed by atoms with Gasteiger partial charge in [0.15, 0.2) is 0 Å². The lowest BCUT2D eigenvalue weighted by Crippen LogP contribution is -1.95. The van der Waals surface area contributed by atoms with E-state index in [-0.39, 0.29) is 5.82 Å². The highest BCUT2D eigenvalue weighted by Gasteiger charge is 2.07. The molecule has 0 amide bonds. The van der Waals surface area contributed by atoms with Crippen LogP contribution in [0.15, 0.2) is 60.8 Å². The summed E-state index contributed by atoms with van der Waals surface area (Å²) in [6.07, 6.45) is 1.72. The third kappa shape index (κ3) is 2.43. The van der Waals surface area contributed by atoms with Crippen molar-refractivity contribution in [3.05, 3.63) is 72.3 Å². The second-order valence-electron chi connectivity index (χ2n) is 4.56. The molecule has 3 rings (SSSR count). The molecule has 2 aromatic carbocycles. The van der Waals surface area contributed by atoms with Crippen LogP contribution in [0, 0.1) is 12.7 Å². The minimum Gasteiger partial charge on any atom is -0.252 e. The lowest BCUT2D eigenvalue weighted by Gasteiger charge is -2.07. The van der Waals surface area contributed by atoms with E-state index in [0.717, 1.165) is 28.2 Å². The van der Waals surface area contributed by atoms with Crippen molar-refractivity contribution in [3.8, 4) is 22.5 Å². The smallest absolute Gasteiger partial charge is 0.123 e. The quantitative estimate of drug-likeness (QED) is 0.691. The Balaban J connectivity index is 2.01. The van der Waals surface area contributed by atoms with Crippen molar-refractivity contribution in [2.75, 3.05) is 0 Å². The zero-order chi connectivity index (χ0) is 13.9. The average Bonchev–Trinajstić information content (AvgIpc) is 2.49. The summed E-state index contributed by atoms with van der Waals surface area (Å²) in [6.45, 7) is 1.93. The molecule has 0 bridgehead atoms. The van der Waals surface area contributed by atoms with Crippen LogP contribution < -0.4 is 0 Å². The Labute approximate surface area is 117 Å². The fraction of sp³-hybridized carbons (Fsp3) is 0.0588. The molecule has 3 aromatic rings. The van der Waals surface area contributed by atoms with Gasteiger partial charge in [-0.05, 0) is 31.2 Å². The topological polar surface area (TPSA) is 25.8 Å². The van der Waals surface area contributed by atoms with Crippen LogP contribution in [0.1, 0.15) is 5.69 Å². The van der Waals surface area contributed by atoms with Gasteiger partial charge in [0.1, 0.15) is 5.82 Å². The Bertz CT molecular complexity index is 722. The Morgan fingerprint density at radius 1 is 0.850 bits per heavy atom. The Morgan fingerprint density at radius 2 is 1.55 bits per heavy atom. The number of hydrogen-bond acceptors (Lipinski definition) is 2. The first kappa shape index (κ1) is 12.5. The molecule has 0 N–H and O–H groups in total. The van der Waals surface area contributed by atoms with E-state index < -0.39 is 0 Å². The first-order valence-electron chi connectivity index (χ1n) is 6.39. The number of hydrogen-bond donors (Lipinski definition) is 0. The lowest BCUT2D eigenvalue weighted by atomic mass is 10.1. The van der Waals surface area contributed by atoms with Crippen LogP contribution in [0.3, 0.4) is 0 Å². The predicted molar refractivity (Wildman–Crippen MR) is 77.6 cm³/mol. The second-order valence-corrected chi connectivity index (χ2v) is 4.56. The normalized spacial score (nSPS) is 10.5. The monoisotopic (exact) mass is 264 g/mol. The molecule has 0 spiro atoms. The SMILES string of the molecule is Cc1nc(-c2ccc(F)cc2)cnc1-c1ccccc1. The summed E-state index contributed by atoms with van der Waals surface area (Å²) in [5.41, 5.74) is 4.39. The van der Waals surface area contributed by atoms with Gasteiger partial charge in [-0.15, -0.1) is 0 Å². The van der Waals surface area contributed by atoms with Crippen LogP contribution in [0.5, 0.6) is 0 Å². The van der Waals surface area contributed by atoms with E-state index in [1.807, 2.05) is 37.3 Å². The van der Waals surface area contributed by atoms with Gasteiger partial charge >= 0.3 is 0 Å². The molecule has 20 heavy (non-hydrogen) atoms. The fourth-order valence-electron chi connectivity index (χ4n) is 2.12. The van der Waals surface area contributed by atoms with Gasteiger partial charge < -0.3 is 0 Å². The van der Waals surface area contributed by atoms with Gasteiger partial charge in [0.05, 0.1) is 23.3 Å². The fourth-order valence-corrected chi connectivity index (χ4v) is 2.12. The van der Waals surface area contributed by atoms with Gasteiger partial charge in [-0.2, -0.15) is 0 Å². The van der Waals surface area contributed by atoms with E-state index in [0.29, 0.717) is 0 Å². The third-order valence-corrected chi connectivity index (χ3v) is 3.13. The highest BCUT2D eigenvalue weighted by atomic mass is 19.1. The lowest BCUT2D eigenvalue weighted by molar-refractivity contribution is 0.628. The van der Waals surface area contributed by atoms with E-state index >= 15 is 0 Å². The van der Waals surface area contributed by atoms with Crippen molar-refractivity contribution in [1.29, 1.82) is 0 Å². The first-order valence-corrected chi connectivity index (χ1v) is 6.39. The molecule has 0 saturated carbocycles. The van der Waals surface area contributed by atoms with Crippen LogP contribution in [0.2, 0.25) is 0 Å². The van der Waals surface area contributed by atoms with E-state index in [2.05, 4.69) is 9.97 Å². The van der Waals surface area contributed by atoms with Crippen molar-refractivity contribution in [2.45, 2.75) is 6.92 Å². The summed E-state index contributed by atoms with van der Waals surface area (Å²) in [7, 11) is 0. The third-order valence-electron chi connectivity index (χ3n) is 3.13. The van der Waals surface area contributed by atoms with Crippen molar-refractivity contribution < 1.29 is 4.39 Å². The molecule has 0 aliphatic rings. The Morgan fingerprint density at radius 3 is 2.20 bits per heavy atom. The van der Waals surface area contributed by atoms with Crippen molar-refractivity contribution in [2.24, 2.45) is 0 Å². The summed E-state index contributed by atoms with van der Waals surface area (Å²) >= 11 is 0. The van der Waals surface area contributed by atoms with Crippen LogP contribution in [-0.2, 0) is 0 Å². The van der Waals surface area contributed by atoms with E-state index in [1.54, 1.807) is 18.3 Å². The van der Waals surface area contributed by atoms with E-state index in [9.17, 15) is 4.39 Å². The van der Waals surface area contributed by atoms with Crippen molar-refractivity contribution >= 4 is 0 Å². The van der Waals surface area contributed by atoms with Crippen LogP contribution in [0.25, 0.3) is 22.5 Å². The molecule has 2 nitrogen and oxygen atoms in total. The number of aryl methyl sites for hydroxylation is 1. The number of halogens is 1. The van der Waals surface area contributed by atoms with Crippen LogP contribution in [-0.4, -0.2) is 9.97 Å². The number of aromatic nitrogens is 2. The Kier molecular flexibility index (Phi) is 3.25. The van der Waals surface area contributed by atoms with Gasteiger partial charge in [-0.3, -0.25) is 4.98 Å². The maximum absolute atomic E-state index is 12.9. The summed E-state index contributed by atoms with van der Waals surface area (Å²) in [4.78, 5) is 9.06. The summed E-state index contributed by atoms with van der Waals surface area (Å²) in [6, 6.07) is 16.2. The van der Waals surface area contributed by atoms with Gasteiger partial charge in [0.25, 0.3) is 0 Å². The molecular weight excluding hydrogens is 251 g/mol. The molecule has 1 heterocycles. The van der Waals surface area contributed by atoms with Gasteiger partial charge in [-0.1, -0.05) is 30.3 Å². The summed E-state index contributed by atoms with van der Waals surface area (Å²) in [5.74, 6) is -0.251. The molecule has 0 saturated heterocycles. The average molecular weight is 264 g/mol. The standard InChI is InChI=1S/C17H13FN2/c1-12-17(14-5-3-2-4-6-14)19-11-16(20-12)13-7-9-15(18)10-8-13/h2-11H,1H3. The molecule has 0 fully saturated rings. The molecule has 0 aliphatic heterocycles. The van der Waals surface area contributed by atoms with Gasteiger partial charge in [0.2, 0.25) is 0 Å². The molecule has 3 heteroatoms. The van der Waals surface area contributed by atoms with Gasteiger partial charge in [0, 0.05) is 11.1 Å². The summed E-state index contributed by atoms with van der Waals surface area (Å²) < 4.78 is 12.9. The van der Waals surface area contributed by atoms with Crippen molar-refractivity contribution in [1.82, 2.24) is 9.97 Å². The highest BCUT2D eigenvalue weighted by molar-refractivity contribution is 5.65. The van der Waals surface area contributed by atoms with E-state index in [4.69, 9.17) is 0 Å². The zero-order valence-electron chi connectivity index (χ0n) is 11.0. The largest absolute Gasteiger partial charge is 0.252 e. The van der Waals surface area contributed by atoms with Gasteiger partial charge in [-0.25, -0.2) is 9.37 Å². The van der Waals surface area contributed by atoms with E-state index in [1.165, 1.54) is 12.1 Å². The molecule has 98 valence electrons. The second kappa shape index (κ2) is 5.21. The Hall–Kier alpha value is -2.55. The number of rotatable bonds is 2. The number of benzene rings is 2. The van der Waals surface area contributed by atoms with Crippen molar-refractivity contribution in [3.63, 3.8) is 0 Å². The molecular formula is C17H13FN2. The molecule has 0 aliphatic carbocycles. The predicted octanol–water partition coefficient (Wildman–Crippen LogP) is 4.26. The molecule has 1 aromatic heterocycles. The molecule has 0 radical (unpaired) electrons. The minimum absolute atomic E-state index is 0.251. The maximum Gasteiger partial charge on any atom is 0.123 e. The molecule has 0 unspecified atom stereocenters. The first-order chi connectivity index (χ1) is 9.74. The van der Waals surface area contributed by atoms with Crippen LogP contribution >= 0.6 is 0 Å². The molecule has 0 atom stereocenters. The maximum atomic E-state index is 12.9. The minimum atomic E-state index is -0.251.